The highest BCUT2D eigenvalue weighted by atomic mass is 32.1. The average molecular weight is 281 g/mol. The number of ether oxygens (including phenoxy) is 2. The molecule has 0 N–H and O–H groups in total. The van der Waals surface area contributed by atoms with Crippen molar-refractivity contribution in [3.8, 4) is 0 Å². The normalized spacial score (nSPS) is 26.0. The predicted octanol–water partition coefficient (Wildman–Crippen LogP) is 2.77. The number of hydrogen-bond acceptors (Lipinski definition) is 4. The van der Waals surface area contributed by atoms with Gasteiger partial charge >= 0.3 is 0 Å². The highest BCUT2D eigenvalue weighted by molar-refractivity contribution is 7.07. The summed E-state index contributed by atoms with van der Waals surface area (Å²) in [5, 5.41) is 4.41. The van der Waals surface area contributed by atoms with Crippen molar-refractivity contribution in [2.45, 2.75) is 31.9 Å². The summed E-state index contributed by atoms with van der Waals surface area (Å²) in [6, 6.07) is 2.23. The van der Waals surface area contributed by atoms with Crippen molar-refractivity contribution in [3.05, 3.63) is 22.4 Å². The van der Waals surface area contributed by atoms with Crippen LogP contribution in [-0.2, 0) is 16.0 Å². The Morgan fingerprint density at radius 1 is 1.32 bits per heavy atom. The van der Waals surface area contributed by atoms with Crippen molar-refractivity contribution in [1.29, 1.82) is 0 Å². The van der Waals surface area contributed by atoms with Crippen molar-refractivity contribution >= 4 is 11.3 Å². The van der Waals surface area contributed by atoms with Crippen molar-refractivity contribution in [2.75, 3.05) is 32.9 Å². The zero-order valence-electron chi connectivity index (χ0n) is 11.4. The predicted molar refractivity (Wildman–Crippen MR) is 77.5 cm³/mol. The second-order valence-corrected chi connectivity index (χ2v) is 6.45. The van der Waals surface area contributed by atoms with E-state index in [2.05, 4.69) is 21.7 Å². The number of likely N-dealkylation sites (tertiary alicyclic amines) is 1. The van der Waals surface area contributed by atoms with Crippen LogP contribution >= 0.6 is 11.3 Å². The van der Waals surface area contributed by atoms with Crippen LogP contribution in [0.25, 0.3) is 0 Å². The summed E-state index contributed by atoms with van der Waals surface area (Å²) in [7, 11) is 0. The summed E-state index contributed by atoms with van der Waals surface area (Å²) in [4.78, 5) is 2.54. The molecule has 0 aliphatic carbocycles. The third-order valence-electron chi connectivity index (χ3n) is 4.11. The van der Waals surface area contributed by atoms with Crippen LogP contribution in [0.15, 0.2) is 16.8 Å². The van der Waals surface area contributed by atoms with E-state index in [-0.39, 0.29) is 0 Å². The third-order valence-corrected chi connectivity index (χ3v) is 4.84. The first-order valence-corrected chi connectivity index (χ1v) is 8.27. The molecule has 4 heteroatoms. The highest BCUT2D eigenvalue weighted by Crippen LogP contribution is 2.20. The van der Waals surface area contributed by atoms with Gasteiger partial charge in [-0.1, -0.05) is 0 Å². The molecule has 0 aromatic carbocycles. The largest absolute Gasteiger partial charge is 0.381 e. The second-order valence-electron chi connectivity index (χ2n) is 5.67. The Morgan fingerprint density at radius 2 is 2.21 bits per heavy atom. The Hall–Kier alpha value is -0.420. The van der Waals surface area contributed by atoms with Crippen LogP contribution in [0.4, 0.5) is 0 Å². The molecule has 1 aromatic heterocycles. The van der Waals surface area contributed by atoms with Crippen LogP contribution in [0.5, 0.6) is 0 Å². The quantitative estimate of drug-likeness (QED) is 0.828. The van der Waals surface area contributed by atoms with E-state index in [1.165, 1.54) is 37.9 Å². The average Bonchev–Trinajstić information content (AvgIpc) is 3.11. The Balaban J connectivity index is 1.34. The first-order valence-electron chi connectivity index (χ1n) is 7.33. The van der Waals surface area contributed by atoms with E-state index in [1.54, 1.807) is 11.3 Å². The van der Waals surface area contributed by atoms with Crippen LogP contribution in [0.2, 0.25) is 0 Å². The minimum Gasteiger partial charge on any atom is -0.381 e. The molecule has 3 rings (SSSR count). The van der Waals surface area contributed by atoms with Gasteiger partial charge in [-0.15, -0.1) is 0 Å². The van der Waals surface area contributed by atoms with E-state index in [4.69, 9.17) is 9.47 Å². The molecule has 0 saturated carbocycles. The number of hydrogen-bond donors (Lipinski definition) is 0. The van der Waals surface area contributed by atoms with Gasteiger partial charge in [-0.2, -0.15) is 11.3 Å². The zero-order valence-corrected chi connectivity index (χ0v) is 12.2. The van der Waals surface area contributed by atoms with E-state index >= 15 is 0 Å². The third kappa shape index (κ3) is 4.02. The van der Waals surface area contributed by atoms with Crippen LogP contribution in [0.1, 0.15) is 24.8 Å². The van der Waals surface area contributed by atoms with Gasteiger partial charge in [-0.3, -0.25) is 4.90 Å². The Kier molecular flexibility index (Phi) is 4.88. The van der Waals surface area contributed by atoms with Gasteiger partial charge in [-0.05, 0) is 41.7 Å². The number of nitrogens with zero attached hydrogens (tertiary/aromatic N) is 1. The topological polar surface area (TPSA) is 21.7 Å². The summed E-state index contributed by atoms with van der Waals surface area (Å²) in [6.07, 6.45) is 4.01. The van der Waals surface area contributed by atoms with Gasteiger partial charge in [0, 0.05) is 32.2 Å². The maximum absolute atomic E-state index is 6.05. The van der Waals surface area contributed by atoms with Crippen molar-refractivity contribution in [3.63, 3.8) is 0 Å². The minimum absolute atomic E-state index is 0.472. The summed E-state index contributed by atoms with van der Waals surface area (Å²) in [5.41, 5.74) is 1.45. The van der Waals surface area contributed by atoms with E-state index in [0.717, 1.165) is 26.4 Å². The maximum atomic E-state index is 6.05. The molecule has 0 amide bonds. The molecule has 2 aliphatic heterocycles. The molecule has 2 fully saturated rings. The van der Waals surface area contributed by atoms with Crippen LogP contribution in [0, 0.1) is 5.92 Å². The van der Waals surface area contributed by atoms with Crippen LogP contribution in [-0.4, -0.2) is 43.9 Å². The maximum Gasteiger partial charge on any atom is 0.0599 e. The molecule has 0 spiro atoms. The molecule has 19 heavy (non-hydrogen) atoms. The molecule has 1 aromatic rings. The fraction of sp³-hybridized carbons (Fsp3) is 0.733. The number of rotatable bonds is 5. The van der Waals surface area contributed by atoms with Gasteiger partial charge < -0.3 is 9.47 Å². The first kappa shape index (κ1) is 13.6. The molecule has 2 saturated heterocycles. The molecule has 0 radical (unpaired) electrons. The summed E-state index contributed by atoms with van der Waals surface area (Å²) < 4.78 is 11.4. The molecular formula is C15H23NO2S. The standard InChI is InChI=1S/C15H23NO2S/c1-5-16(9-13-4-8-19-12-13)6-2-15(1)18-11-14-3-7-17-10-14/h4,8,12,14-15H,1-3,5-7,9-11H2. The van der Waals surface area contributed by atoms with Gasteiger partial charge in [0.1, 0.15) is 0 Å². The summed E-state index contributed by atoms with van der Waals surface area (Å²) in [6.45, 7) is 6.16. The fourth-order valence-corrected chi connectivity index (χ4v) is 3.52. The lowest BCUT2D eigenvalue weighted by molar-refractivity contribution is -0.0116. The second kappa shape index (κ2) is 6.84. The van der Waals surface area contributed by atoms with Gasteiger partial charge in [0.2, 0.25) is 0 Å². The monoisotopic (exact) mass is 281 g/mol. The van der Waals surface area contributed by atoms with Crippen LogP contribution in [0.3, 0.4) is 0 Å². The van der Waals surface area contributed by atoms with Gasteiger partial charge in [0.15, 0.2) is 0 Å². The molecular weight excluding hydrogens is 258 g/mol. The zero-order chi connectivity index (χ0) is 12.9. The SMILES string of the molecule is c1cc(CN2CCC(OCC3CCOC3)CC2)cs1. The minimum atomic E-state index is 0.472. The van der Waals surface area contributed by atoms with Gasteiger partial charge in [0.25, 0.3) is 0 Å². The lowest BCUT2D eigenvalue weighted by Crippen LogP contribution is -2.37. The molecule has 1 atom stereocenters. The summed E-state index contributed by atoms with van der Waals surface area (Å²) >= 11 is 1.79. The molecule has 1 unspecified atom stereocenters. The molecule has 0 bridgehead atoms. The van der Waals surface area contributed by atoms with Crippen molar-refractivity contribution < 1.29 is 9.47 Å². The Morgan fingerprint density at radius 3 is 2.89 bits per heavy atom. The Bertz CT molecular complexity index is 354. The van der Waals surface area contributed by atoms with Crippen molar-refractivity contribution in [2.24, 2.45) is 5.92 Å². The number of piperidine rings is 1. The molecule has 3 heterocycles. The number of thiophene rings is 1. The lowest BCUT2D eigenvalue weighted by atomic mass is 10.1. The van der Waals surface area contributed by atoms with E-state index in [1.807, 2.05) is 0 Å². The molecule has 106 valence electrons. The smallest absolute Gasteiger partial charge is 0.0599 e. The van der Waals surface area contributed by atoms with Crippen molar-refractivity contribution in [1.82, 2.24) is 4.90 Å². The van der Waals surface area contributed by atoms with Crippen LogP contribution < -0.4 is 0 Å². The fourth-order valence-electron chi connectivity index (χ4n) is 2.86. The first-order chi connectivity index (χ1) is 9.40. The molecule has 2 aliphatic rings. The van der Waals surface area contributed by atoms with Gasteiger partial charge in [0.05, 0.1) is 19.3 Å². The lowest BCUT2D eigenvalue weighted by Gasteiger charge is -2.32. The van der Waals surface area contributed by atoms with E-state index < -0.39 is 0 Å². The summed E-state index contributed by atoms with van der Waals surface area (Å²) in [5.74, 6) is 0.642. The highest BCUT2D eigenvalue weighted by Gasteiger charge is 2.22. The Labute approximate surface area is 119 Å². The van der Waals surface area contributed by atoms with Gasteiger partial charge in [-0.25, -0.2) is 0 Å². The van der Waals surface area contributed by atoms with E-state index in [0.29, 0.717) is 12.0 Å². The van der Waals surface area contributed by atoms with E-state index in [9.17, 15) is 0 Å². The molecule has 3 nitrogen and oxygen atoms in total.